The van der Waals surface area contributed by atoms with E-state index in [1.165, 1.54) is 0 Å². The first-order chi connectivity index (χ1) is 6.70. The van der Waals surface area contributed by atoms with E-state index in [0.717, 1.165) is 19.4 Å². The Morgan fingerprint density at radius 3 is 3.21 bits per heavy atom. The smallest absolute Gasteiger partial charge is 0.316 e. The predicted octanol–water partition coefficient (Wildman–Crippen LogP) is -0.0900. The quantitative estimate of drug-likeness (QED) is 0.610. The highest BCUT2D eigenvalue weighted by molar-refractivity contribution is 5.78. The molecule has 0 unspecified atom stereocenters. The van der Waals surface area contributed by atoms with Crippen LogP contribution in [0.1, 0.15) is 19.8 Å². The Hall–Kier alpha value is -0.610. The van der Waals surface area contributed by atoms with Crippen LogP contribution in [0.25, 0.3) is 0 Å². The van der Waals surface area contributed by atoms with Gasteiger partial charge in [0.05, 0.1) is 12.7 Å². The van der Waals surface area contributed by atoms with Gasteiger partial charge < -0.3 is 15.2 Å². The van der Waals surface area contributed by atoms with Crippen molar-refractivity contribution in [2.24, 2.45) is 11.3 Å². The molecule has 0 spiro atoms. The van der Waals surface area contributed by atoms with Crippen LogP contribution in [0, 0.1) is 11.3 Å². The molecule has 0 aromatic carbocycles. The standard InChI is InChI=1S/C10H17NO3/c1-2-14-9(13)10-4-3-7(8(10)12)5-11-6-10/h7-8,11-12H,2-6H2,1H3/t7-,8+,10-/m0/s1. The Morgan fingerprint density at radius 1 is 1.71 bits per heavy atom. The third kappa shape index (κ3) is 1.25. The Labute approximate surface area is 83.6 Å². The fraction of sp³-hybridized carbons (Fsp3) is 0.900. The zero-order chi connectivity index (χ0) is 10.2. The lowest BCUT2D eigenvalue weighted by Gasteiger charge is -2.36. The average molecular weight is 199 g/mol. The molecule has 0 aromatic heterocycles. The molecule has 14 heavy (non-hydrogen) atoms. The number of rotatable bonds is 2. The highest BCUT2D eigenvalue weighted by Gasteiger charge is 2.56. The molecular weight excluding hydrogens is 182 g/mol. The second-order valence-corrected chi connectivity index (χ2v) is 4.25. The highest BCUT2D eigenvalue weighted by atomic mass is 16.5. The minimum Gasteiger partial charge on any atom is -0.465 e. The highest BCUT2D eigenvalue weighted by Crippen LogP contribution is 2.44. The first-order valence-electron chi connectivity index (χ1n) is 5.26. The molecule has 2 N–H and O–H groups in total. The SMILES string of the molecule is CCOC(=O)[C@@]12CC[C@@H](CNC1)[C@H]2O. The number of piperidine rings is 1. The molecule has 1 saturated heterocycles. The summed E-state index contributed by atoms with van der Waals surface area (Å²) in [6.45, 7) is 3.56. The number of aliphatic hydroxyl groups excluding tert-OH is 1. The van der Waals surface area contributed by atoms with Gasteiger partial charge in [0.1, 0.15) is 5.41 Å². The Morgan fingerprint density at radius 2 is 2.50 bits per heavy atom. The van der Waals surface area contributed by atoms with E-state index < -0.39 is 11.5 Å². The van der Waals surface area contributed by atoms with Gasteiger partial charge in [0, 0.05) is 13.1 Å². The van der Waals surface area contributed by atoms with Gasteiger partial charge in [0.2, 0.25) is 0 Å². The van der Waals surface area contributed by atoms with E-state index in [-0.39, 0.29) is 11.9 Å². The minimum absolute atomic E-state index is 0.230. The number of fused-ring (bicyclic) bond motifs is 2. The molecule has 0 amide bonds. The van der Waals surface area contributed by atoms with Crippen LogP contribution < -0.4 is 5.32 Å². The number of nitrogens with one attached hydrogen (secondary N) is 1. The lowest BCUT2D eigenvalue weighted by molar-refractivity contribution is -0.163. The molecule has 1 aliphatic carbocycles. The lowest BCUT2D eigenvalue weighted by Crippen LogP contribution is -2.54. The summed E-state index contributed by atoms with van der Waals surface area (Å²) < 4.78 is 5.03. The van der Waals surface area contributed by atoms with Crippen molar-refractivity contribution in [2.75, 3.05) is 19.7 Å². The first-order valence-corrected chi connectivity index (χ1v) is 5.26. The number of esters is 1. The number of carbonyl (C=O) groups is 1. The third-order valence-electron chi connectivity index (χ3n) is 3.50. The summed E-state index contributed by atoms with van der Waals surface area (Å²) in [4.78, 5) is 11.8. The van der Waals surface area contributed by atoms with E-state index in [4.69, 9.17) is 4.74 Å². The molecule has 2 bridgehead atoms. The molecule has 0 aromatic rings. The molecular formula is C10H17NO3. The first kappa shape index (κ1) is 9.93. The summed E-state index contributed by atoms with van der Waals surface area (Å²) in [5.74, 6) is -0.00430. The van der Waals surface area contributed by atoms with Crippen molar-refractivity contribution in [2.45, 2.75) is 25.9 Å². The van der Waals surface area contributed by atoms with Crippen molar-refractivity contribution in [3.8, 4) is 0 Å². The van der Waals surface area contributed by atoms with Crippen LogP contribution in [0.5, 0.6) is 0 Å². The molecule has 1 heterocycles. The van der Waals surface area contributed by atoms with Crippen LogP contribution >= 0.6 is 0 Å². The number of hydrogen-bond acceptors (Lipinski definition) is 4. The van der Waals surface area contributed by atoms with E-state index in [2.05, 4.69) is 5.32 Å². The summed E-state index contributed by atoms with van der Waals surface area (Å²) in [5, 5.41) is 13.2. The van der Waals surface area contributed by atoms with Crippen LogP contribution in [0.2, 0.25) is 0 Å². The van der Waals surface area contributed by atoms with Crippen LogP contribution in [0.3, 0.4) is 0 Å². The molecule has 80 valence electrons. The molecule has 1 saturated carbocycles. The van der Waals surface area contributed by atoms with E-state index in [1.807, 2.05) is 0 Å². The van der Waals surface area contributed by atoms with Crippen molar-refractivity contribution in [3.63, 3.8) is 0 Å². The lowest BCUT2D eigenvalue weighted by atomic mass is 9.80. The average Bonchev–Trinajstić information content (AvgIpc) is 2.40. The van der Waals surface area contributed by atoms with Gasteiger partial charge in [-0.25, -0.2) is 0 Å². The molecule has 3 atom stereocenters. The molecule has 1 aliphatic heterocycles. The zero-order valence-corrected chi connectivity index (χ0v) is 8.45. The number of aliphatic hydroxyl groups is 1. The predicted molar refractivity (Wildman–Crippen MR) is 50.7 cm³/mol. The van der Waals surface area contributed by atoms with Gasteiger partial charge in [-0.05, 0) is 25.7 Å². The van der Waals surface area contributed by atoms with E-state index >= 15 is 0 Å². The van der Waals surface area contributed by atoms with Crippen molar-refractivity contribution in [1.29, 1.82) is 0 Å². The van der Waals surface area contributed by atoms with E-state index in [0.29, 0.717) is 13.2 Å². The fourth-order valence-corrected chi connectivity index (χ4v) is 2.66. The monoisotopic (exact) mass is 199 g/mol. The Kier molecular flexibility index (Phi) is 2.49. The van der Waals surface area contributed by atoms with Crippen LogP contribution in [-0.2, 0) is 9.53 Å². The molecule has 0 radical (unpaired) electrons. The van der Waals surface area contributed by atoms with Crippen molar-refractivity contribution >= 4 is 5.97 Å². The minimum atomic E-state index is -0.654. The summed E-state index contributed by atoms with van der Waals surface area (Å²) in [5.41, 5.74) is -0.654. The van der Waals surface area contributed by atoms with Crippen molar-refractivity contribution in [1.82, 2.24) is 5.32 Å². The van der Waals surface area contributed by atoms with Crippen LogP contribution in [0.4, 0.5) is 0 Å². The second-order valence-electron chi connectivity index (χ2n) is 4.25. The topological polar surface area (TPSA) is 58.6 Å². The van der Waals surface area contributed by atoms with Crippen molar-refractivity contribution < 1.29 is 14.6 Å². The largest absolute Gasteiger partial charge is 0.465 e. The van der Waals surface area contributed by atoms with Crippen LogP contribution in [-0.4, -0.2) is 36.9 Å². The summed E-state index contributed by atoms with van der Waals surface area (Å²) in [6, 6.07) is 0. The maximum Gasteiger partial charge on any atom is 0.316 e. The maximum absolute atomic E-state index is 11.8. The Bertz CT molecular complexity index is 240. The Balaban J connectivity index is 2.17. The summed E-state index contributed by atoms with van der Waals surface area (Å²) >= 11 is 0. The second kappa shape index (κ2) is 3.51. The molecule has 4 nitrogen and oxygen atoms in total. The molecule has 2 rings (SSSR count). The number of ether oxygens (including phenoxy) is 1. The van der Waals surface area contributed by atoms with E-state index in [1.54, 1.807) is 6.92 Å². The van der Waals surface area contributed by atoms with Crippen molar-refractivity contribution in [3.05, 3.63) is 0 Å². The van der Waals surface area contributed by atoms with Gasteiger partial charge >= 0.3 is 5.97 Å². The summed E-state index contributed by atoms with van der Waals surface area (Å²) in [6.07, 6.45) is 1.17. The normalized spacial score (nSPS) is 41.0. The van der Waals surface area contributed by atoms with Gasteiger partial charge in [-0.15, -0.1) is 0 Å². The number of carbonyl (C=O) groups excluding carboxylic acids is 1. The molecule has 2 fully saturated rings. The zero-order valence-electron chi connectivity index (χ0n) is 8.45. The van der Waals surface area contributed by atoms with E-state index in [9.17, 15) is 9.90 Å². The third-order valence-corrected chi connectivity index (χ3v) is 3.50. The van der Waals surface area contributed by atoms with Gasteiger partial charge in [0.15, 0.2) is 0 Å². The fourth-order valence-electron chi connectivity index (χ4n) is 2.66. The molecule has 4 heteroatoms. The summed E-state index contributed by atoms with van der Waals surface area (Å²) in [7, 11) is 0. The van der Waals surface area contributed by atoms with Crippen LogP contribution in [0.15, 0.2) is 0 Å². The van der Waals surface area contributed by atoms with Gasteiger partial charge in [-0.1, -0.05) is 0 Å². The van der Waals surface area contributed by atoms with Gasteiger partial charge in [0.25, 0.3) is 0 Å². The molecule has 2 aliphatic rings. The maximum atomic E-state index is 11.8. The number of hydrogen-bond donors (Lipinski definition) is 2. The van der Waals surface area contributed by atoms with Gasteiger partial charge in [-0.3, -0.25) is 4.79 Å². The van der Waals surface area contributed by atoms with Gasteiger partial charge in [-0.2, -0.15) is 0 Å².